The first-order valence-corrected chi connectivity index (χ1v) is 10.8. The van der Waals surface area contributed by atoms with E-state index in [1.54, 1.807) is 0 Å². The molecule has 3 unspecified atom stereocenters. The van der Waals surface area contributed by atoms with Crippen molar-refractivity contribution in [1.82, 2.24) is 0 Å². The van der Waals surface area contributed by atoms with Crippen LogP contribution in [0.1, 0.15) is 29.2 Å². The fourth-order valence-electron chi connectivity index (χ4n) is 4.59. The van der Waals surface area contributed by atoms with Crippen molar-refractivity contribution >= 4 is 5.69 Å². The molecule has 1 fully saturated rings. The Morgan fingerprint density at radius 3 is 2.42 bits per heavy atom. The normalized spacial score (nSPS) is 30.5. The Morgan fingerprint density at radius 2 is 1.77 bits per heavy atom. The average molecular weight is 430 g/mol. The molecule has 0 saturated carbocycles. The van der Waals surface area contributed by atoms with Crippen LogP contribution in [-0.4, -0.2) is 65.1 Å². The Bertz CT molecular complexity index is 901. The molecule has 4 rings (SSSR count). The van der Waals surface area contributed by atoms with E-state index in [0.717, 1.165) is 31.6 Å². The van der Waals surface area contributed by atoms with Crippen molar-refractivity contribution in [3.63, 3.8) is 0 Å². The van der Waals surface area contributed by atoms with Crippen molar-refractivity contribution in [2.45, 2.75) is 56.5 Å². The van der Waals surface area contributed by atoms with Crippen molar-refractivity contribution < 1.29 is 29.9 Å². The summed E-state index contributed by atoms with van der Waals surface area (Å²) < 4.78 is 11.4. The zero-order valence-electron chi connectivity index (χ0n) is 17.9. The summed E-state index contributed by atoms with van der Waals surface area (Å²) >= 11 is 0. The van der Waals surface area contributed by atoms with Crippen molar-refractivity contribution in [3.05, 3.63) is 64.7 Å². The van der Waals surface area contributed by atoms with Gasteiger partial charge in [0.15, 0.2) is 0 Å². The number of fused-ring (bicyclic) bond motifs is 1. The third-order valence-corrected chi connectivity index (χ3v) is 6.54. The second-order valence-electron chi connectivity index (χ2n) is 8.32. The van der Waals surface area contributed by atoms with E-state index in [2.05, 4.69) is 36.1 Å². The number of anilines is 1. The quantitative estimate of drug-likeness (QED) is 0.545. The standard InChI is InChI=1S/C24H31NO6/c1-3-15-4-6-16(7-5-15)13-25-11-10-17-8-9-18(12-19(17)25)24(30-2)23(29)22(28)21(27)20(14-26)31-24/h4-9,12,20-23,26-29H,3,10-11,13-14H2,1-2H3/t20-,21?,22?,23-,24?/m1/s1. The number of methoxy groups -OCH3 is 1. The predicted octanol–water partition coefficient (Wildman–Crippen LogP) is 1.08. The van der Waals surface area contributed by atoms with Crippen molar-refractivity contribution in [2.75, 3.05) is 25.2 Å². The Balaban J connectivity index is 1.65. The van der Waals surface area contributed by atoms with E-state index in [1.165, 1.54) is 23.8 Å². The molecule has 1 saturated heterocycles. The van der Waals surface area contributed by atoms with E-state index >= 15 is 0 Å². The van der Waals surface area contributed by atoms with Crippen LogP contribution in [0.4, 0.5) is 5.69 Å². The monoisotopic (exact) mass is 429 g/mol. The van der Waals surface area contributed by atoms with Crippen LogP contribution in [0.3, 0.4) is 0 Å². The summed E-state index contributed by atoms with van der Waals surface area (Å²) in [4.78, 5) is 2.27. The first-order valence-electron chi connectivity index (χ1n) is 10.8. The molecule has 2 aromatic carbocycles. The molecule has 7 nitrogen and oxygen atoms in total. The third kappa shape index (κ3) is 3.86. The molecule has 0 aromatic heterocycles. The van der Waals surface area contributed by atoms with Gasteiger partial charge in [-0.2, -0.15) is 0 Å². The van der Waals surface area contributed by atoms with Crippen LogP contribution < -0.4 is 4.90 Å². The molecule has 0 bridgehead atoms. The van der Waals surface area contributed by atoms with Gasteiger partial charge in [-0.1, -0.05) is 43.3 Å². The van der Waals surface area contributed by atoms with Gasteiger partial charge in [0.1, 0.15) is 24.4 Å². The van der Waals surface area contributed by atoms with E-state index in [-0.39, 0.29) is 0 Å². The molecule has 4 N–H and O–H groups in total. The highest BCUT2D eigenvalue weighted by molar-refractivity contribution is 5.60. The van der Waals surface area contributed by atoms with E-state index in [1.807, 2.05) is 18.2 Å². The number of aryl methyl sites for hydroxylation is 1. The number of aliphatic hydroxyl groups is 4. The Morgan fingerprint density at radius 1 is 1.06 bits per heavy atom. The van der Waals surface area contributed by atoms with Crippen LogP contribution in [0.15, 0.2) is 42.5 Å². The fraction of sp³-hybridized carbons (Fsp3) is 0.500. The molecule has 2 aromatic rings. The molecule has 0 spiro atoms. The lowest BCUT2D eigenvalue weighted by Crippen LogP contribution is -2.64. The predicted molar refractivity (Wildman–Crippen MR) is 116 cm³/mol. The molecular formula is C24H31NO6. The summed E-state index contributed by atoms with van der Waals surface area (Å²) in [6, 6.07) is 14.3. The Hall–Kier alpha value is -2.00. The van der Waals surface area contributed by atoms with Crippen LogP contribution in [0, 0.1) is 0 Å². The lowest BCUT2D eigenvalue weighted by Gasteiger charge is -2.47. The molecule has 7 heteroatoms. The van der Waals surface area contributed by atoms with Gasteiger partial charge >= 0.3 is 0 Å². The van der Waals surface area contributed by atoms with Crippen LogP contribution in [0.5, 0.6) is 0 Å². The highest BCUT2D eigenvalue weighted by atomic mass is 16.7. The first-order chi connectivity index (χ1) is 14.9. The molecule has 5 atom stereocenters. The summed E-state index contributed by atoms with van der Waals surface area (Å²) in [6.07, 6.45) is -3.63. The van der Waals surface area contributed by atoms with Gasteiger partial charge in [0.05, 0.1) is 6.61 Å². The first kappa shape index (κ1) is 22.2. The highest BCUT2D eigenvalue weighted by Gasteiger charge is 2.55. The van der Waals surface area contributed by atoms with E-state index in [0.29, 0.717) is 5.56 Å². The van der Waals surface area contributed by atoms with Crippen LogP contribution >= 0.6 is 0 Å². The van der Waals surface area contributed by atoms with E-state index < -0.39 is 36.8 Å². The molecule has 0 aliphatic carbocycles. The minimum Gasteiger partial charge on any atom is -0.394 e. The Labute approximate surface area is 182 Å². The number of hydrogen-bond acceptors (Lipinski definition) is 7. The number of benzene rings is 2. The molecule has 2 aliphatic heterocycles. The van der Waals surface area contributed by atoms with E-state index in [9.17, 15) is 20.4 Å². The van der Waals surface area contributed by atoms with Crippen molar-refractivity contribution in [2.24, 2.45) is 0 Å². The lowest BCUT2D eigenvalue weighted by molar-refractivity contribution is -0.366. The molecule has 31 heavy (non-hydrogen) atoms. The van der Waals surface area contributed by atoms with Crippen LogP contribution in [0.25, 0.3) is 0 Å². The van der Waals surface area contributed by atoms with Gasteiger partial charge in [0.2, 0.25) is 5.79 Å². The number of aliphatic hydroxyl groups excluding tert-OH is 4. The largest absolute Gasteiger partial charge is 0.394 e. The lowest BCUT2D eigenvalue weighted by atomic mass is 9.87. The molecule has 0 amide bonds. The maximum atomic E-state index is 10.8. The van der Waals surface area contributed by atoms with Crippen LogP contribution in [0.2, 0.25) is 0 Å². The topological polar surface area (TPSA) is 103 Å². The molecular weight excluding hydrogens is 398 g/mol. The number of ether oxygens (including phenoxy) is 2. The smallest absolute Gasteiger partial charge is 0.224 e. The SMILES string of the molecule is CCc1ccc(CN2CCc3ccc(C4(OC)O[C@H](CO)C(O)C(O)[C@H]4O)cc32)cc1. The minimum atomic E-state index is -1.70. The van der Waals surface area contributed by atoms with Crippen molar-refractivity contribution in [3.8, 4) is 0 Å². The number of hydrogen-bond donors (Lipinski definition) is 4. The van der Waals surface area contributed by atoms with Gasteiger partial charge in [-0.25, -0.2) is 0 Å². The third-order valence-electron chi connectivity index (χ3n) is 6.54. The number of rotatable bonds is 6. The zero-order chi connectivity index (χ0) is 22.2. The summed E-state index contributed by atoms with van der Waals surface area (Å²) in [6.45, 7) is 3.25. The second kappa shape index (κ2) is 8.86. The maximum absolute atomic E-state index is 10.8. The minimum absolute atomic E-state index is 0.513. The van der Waals surface area contributed by atoms with Gasteiger partial charge in [-0.3, -0.25) is 0 Å². The molecule has 168 valence electrons. The zero-order valence-corrected chi connectivity index (χ0v) is 17.9. The van der Waals surface area contributed by atoms with Gasteiger partial charge in [-0.15, -0.1) is 0 Å². The summed E-state index contributed by atoms with van der Waals surface area (Å²) in [5.41, 5.74) is 5.25. The summed E-state index contributed by atoms with van der Waals surface area (Å²) in [5, 5.41) is 40.9. The summed E-state index contributed by atoms with van der Waals surface area (Å²) in [7, 11) is 1.38. The molecule has 2 heterocycles. The number of nitrogens with zero attached hydrogens (tertiary/aromatic N) is 1. The van der Waals surface area contributed by atoms with Gasteiger partial charge < -0.3 is 34.8 Å². The van der Waals surface area contributed by atoms with Crippen LogP contribution in [-0.2, 0) is 34.6 Å². The molecule has 2 aliphatic rings. The van der Waals surface area contributed by atoms with Gasteiger partial charge in [-0.05, 0) is 35.6 Å². The fourth-order valence-corrected chi connectivity index (χ4v) is 4.59. The van der Waals surface area contributed by atoms with E-state index in [4.69, 9.17) is 9.47 Å². The second-order valence-corrected chi connectivity index (χ2v) is 8.32. The maximum Gasteiger partial charge on any atom is 0.224 e. The molecule has 0 radical (unpaired) electrons. The van der Waals surface area contributed by atoms with Crippen molar-refractivity contribution in [1.29, 1.82) is 0 Å². The Kier molecular flexibility index (Phi) is 6.35. The summed E-state index contributed by atoms with van der Waals surface area (Å²) in [5.74, 6) is -1.70. The average Bonchev–Trinajstić information content (AvgIpc) is 3.20. The van der Waals surface area contributed by atoms with Gasteiger partial charge in [0, 0.05) is 31.5 Å². The van der Waals surface area contributed by atoms with Gasteiger partial charge in [0.25, 0.3) is 0 Å². The highest BCUT2D eigenvalue weighted by Crippen LogP contribution is 2.42.